The zero-order chi connectivity index (χ0) is 20.1. The van der Waals surface area contributed by atoms with Crippen molar-refractivity contribution >= 4 is 16.8 Å². The smallest absolute Gasteiger partial charge is 0.344 e. The van der Waals surface area contributed by atoms with Gasteiger partial charge in [-0.25, -0.2) is 13.9 Å². The Hall–Kier alpha value is -3.87. The molecule has 0 amide bonds. The summed E-state index contributed by atoms with van der Waals surface area (Å²) in [5.41, 5.74) is 3.33. The molecule has 0 aliphatic carbocycles. The van der Waals surface area contributed by atoms with E-state index >= 15 is 0 Å². The first-order chi connectivity index (χ1) is 14.1. The number of nitrogens with zero attached hydrogens (tertiary/aromatic N) is 5. The van der Waals surface area contributed by atoms with Crippen molar-refractivity contribution in [1.82, 2.24) is 23.3 Å². The van der Waals surface area contributed by atoms with E-state index < -0.39 is 0 Å². The van der Waals surface area contributed by atoms with Crippen LogP contribution in [0.2, 0.25) is 0 Å². The predicted octanol–water partition coefficient (Wildman–Crippen LogP) is 2.40. The molecule has 0 bridgehead atoms. The summed E-state index contributed by atoms with van der Waals surface area (Å²) in [6.45, 7) is 0.338. The Balaban J connectivity index is 1.88. The highest BCUT2D eigenvalue weighted by Gasteiger charge is 2.21. The zero-order valence-corrected chi connectivity index (χ0v) is 16.1. The number of hydrogen-bond donors (Lipinski definition) is 0. The van der Waals surface area contributed by atoms with Gasteiger partial charge >= 0.3 is 5.69 Å². The Morgan fingerprint density at radius 3 is 2.21 bits per heavy atom. The third kappa shape index (κ3) is 2.55. The summed E-state index contributed by atoms with van der Waals surface area (Å²) in [6, 6.07) is 19.4. The molecule has 5 rings (SSSR count). The molecule has 0 N–H and O–H groups in total. The molecule has 0 saturated heterocycles. The molecule has 0 aliphatic rings. The Labute approximate surface area is 165 Å². The number of aryl methyl sites for hydroxylation is 2. The van der Waals surface area contributed by atoms with Crippen LogP contribution in [-0.4, -0.2) is 23.3 Å². The molecule has 5 aromatic rings. The van der Waals surface area contributed by atoms with Crippen LogP contribution in [0.15, 0.2) is 76.4 Å². The van der Waals surface area contributed by atoms with Gasteiger partial charge in [0.2, 0.25) is 5.78 Å². The number of benzene rings is 2. The van der Waals surface area contributed by atoms with Crippen LogP contribution >= 0.6 is 0 Å². The summed E-state index contributed by atoms with van der Waals surface area (Å²) >= 11 is 0. The third-order valence-electron chi connectivity index (χ3n) is 5.27. The topological polar surface area (TPSA) is 66.2 Å². The van der Waals surface area contributed by atoms with Gasteiger partial charge in [0.15, 0.2) is 0 Å². The molecule has 0 saturated carbocycles. The molecule has 0 atom stereocenters. The van der Waals surface area contributed by atoms with E-state index in [9.17, 15) is 9.59 Å². The van der Waals surface area contributed by atoms with E-state index in [2.05, 4.69) is 5.10 Å². The Kier molecular flexibility index (Phi) is 3.77. The lowest BCUT2D eigenvalue weighted by atomic mass is 10.1. The maximum atomic E-state index is 13.3. The summed E-state index contributed by atoms with van der Waals surface area (Å²) in [4.78, 5) is 26.4. The van der Waals surface area contributed by atoms with E-state index in [1.807, 2.05) is 73.9 Å². The third-order valence-corrected chi connectivity index (χ3v) is 5.27. The SMILES string of the molecule is Cn1cc(-c2ccccc2)c2c1c(=O)n(C)c1nn(Cc3ccccc3)c(=O)n21. The first-order valence-corrected chi connectivity index (χ1v) is 9.33. The lowest BCUT2D eigenvalue weighted by Crippen LogP contribution is -2.25. The summed E-state index contributed by atoms with van der Waals surface area (Å²) in [5, 5.41) is 4.48. The van der Waals surface area contributed by atoms with Crippen LogP contribution < -0.4 is 11.2 Å². The monoisotopic (exact) mass is 385 g/mol. The average molecular weight is 385 g/mol. The lowest BCUT2D eigenvalue weighted by molar-refractivity contribution is 0.657. The van der Waals surface area contributed by atoms with Crippen LogP contribution in [-0.2, 0) is 20.6 Å². The fraction of sp³-hybridized carbons (Fsp3) is 0.136. The Bertz CT molecular complexity index is 1470. The van der Waals surface area contributed by atoms with Crippen molar-refractivity contribution in [1.29, 1.82) is 0 Å². The number of rotatable bonds is 3. The van der Waals surface area contributed by atoms with Gasteiger partial charge in [0.25, 0.3) is 5.56 Å². The Morgan fingerprint density at radius 1 is 0.862 bits per heavy atom. The Morgan fingerprint density at radius 2 is 1.52 bits per heavy atom. The molecular weight excluding hydrogens is 366 g/mol. The molecule has 29 heavy (non-hydrogen) atoms. The van der Waals surface area contributed by atoms with Gasteiger partial charge in [-0.05, 0) is 11.1 Å². The van der Waals surface area contributed by atoms with E-state index in [-0.39, 0.29) is 11.2 Å². The van der Waals surface area contributed by atoms with Crippen LogP contribution in [0.1, 0.15) is 5.56 Å². The standard InChI is InChI=1S/C22H19N5O2/c1-24-14-17(16-11-7-4-8-12-16)18-19(24)20(28)25(2)21-23-26(22(29)27(18)21)13-15-9-5-3-6-10-15/h3-12,14H,13H2,1-2H3. The second kappa shape index (κ2) is 6.34. The number of aromatic nitrogens is 5. The fourth-order valence-corrected chi connectivity index (χ4v) is 3.84. The normalized spacial score (nSPS) is 11.5. The van der Waals surface area contributed by atoms with E-state index in [4.69, 9.17) is 0 Å². The van der Waals surface area contributed by atoms with Gasteiger partial charge < -0.3 is 4.57 Å². The quantitative estimate of drug-likeness (QED) is 0.479. The largest absolute Gasteiger partial charge is 0.352 e. The highest BCUT2D eigenvalue weighted by Crippen LogP contribution is 2.28. The first kappa shape index (κ1) is 17.2. The van der Waals surface area contributed by atoms with E-state index in [0.29, 0.717) is 23.4 Å². The van der Waals surface area contributed by atoms with Gasteiger partial charge in [0.1, 0.15) is 5.52 Å². The zero-order valence-electron chi connectivity index (χ0n) is 16.1. The molecule has 0 spiro atoms. The molecule has 2 aromatic carbocycles. The molecule has 0 unspecified atom stereocenters. The molecular formula is C22H19N5O2. The summed E-state index contributed by atoms with van der Waals surface area (Å²) in [6.07, 6.45) is 1.89. The molecule has 7 nitrogen and oxygen atoms in total. The van der Waals surface area contributed by atoms with Crippen LogP contribution in [0.25, 0.3) is 27.9 Å². The fourth-order valence-electron chi connectivity index (χ4n) is 3.84. The second-order valence-corrected chi connectivity index (χ2v) is 7.14. The van der Waals surface area contributed by atoms with Crippen molar-refractivity contribution in [3.8, 4) is 11.1 Å². The van der Waals surface area contributed by atoms with Crippen LogP contribution in [0, 0.1) is 0 Å². The molecule has 0 fully saturated rings. The van der Waals surface area contributed by atoms with Crippen molar-refractivity contribution in [2.24, 2.45) is 14.1 Å². The van der Waals surface area contributed by atoms with Crippen molar-refractivity contribution in [3.05, 3.63) is 93.3 Å². The van der Waals surface area contributed by atoms with Crippen LogP contribution in [0.5, 0.6) is 0 Å². The van der Waals surface area contributed by atoms with Gasteiger partial charge in [-0.3, -0.25) is 9.36 Å². The highest BCUT2D eigenvalue weighted by atomic mass is 16.2. The lowest BCUT2D eigenvalue weighted by Gasteiger charge is -2.04. The molecule has 3 aromatic heterocycles. The second-order valence-electron chi connectivity index (χ2n) is 7.14. The van der Waals surface area contributed by atoms with Crippen LogP contribution in [0.4, 0.5) is 0 Å². The summed E-state index contributed by atoms with van der Waals surface area (Å²) in [5.74, 6) is 0.326. The summed E-state index contributed by atoms with van der Waals surface area (Å²) in [7, 11) is 3.47. The highest BCUT2D eigenvalue weighted by molar-refractivity contribution is 5.94. The van der Waals surface area contributed by atoms with Gasteiger partial charge in [-0.15, -0.1) is 5.10 Å². The predicted molar refractivity (Wildman–Crippen MR) is 112 cm³/mol. The molecule has 0 aliphatic heterocycles. The minimum Gasteiger partial charge on any atom is -0.344 e. The molecule has 3 heterocycles. The minimum absolute atomic E-state index is 0.186. The summed E-state index contributed by atoms with van der Waals surface area (Å²) < 4.78 is 6.16. The van der Waals surface area contributed by atoms with E-state index in [0.717, 1.165) is 16.7 Å². The molecule has 144 valence electrons. The van der Waals surface area contributed by atoms with Crippen molar-refractivity contribution in [2.75, 3.05) is 0 Å². The van der Waals surface area contributed by atoms with Crippen LogP contribution in [0.3, 0.4) is 0 Å². The maximum Gasteiger partial charge on any atom is 0.352 e. The molecule has 0 radical (unpaired) electrons. The van der Waals surface area contributed by atoms with Crippen molar-refractivity contribution < 1.29 is 0 Å². The first-order valence-electron chi connectivity index (χ1n) is 9.33. The van der Waals surface area contributed by atoms with Crippen molar-refractivity contribution in [2.45, 2.75) is 6.54 Å². The minimum atomic E-state index is -0.271. The van der Waals surface area contributed by atoms with E-state index in [1.165, 1.54) is 9.25 Å². The van der Waals surface area contributed by atoms with E-state index in [1.54, 1.807) is 16.0 Å². The van der Waals surface area contributed by atoms with Gasteiger partial charge in [0.05, 0.1) is 12.1 Å². The van der Waals surface area contributed by atoms with Gasteiger partial charge in [-0.1, -0.05) is 60.7 Å². The van der Waals surface area contributed by atoms with Gasteiger partial charge in [-0.2, -0.15) is 0 Å². The number of hydrogen-bond acceptors (Lipinski definition) is 3. The van der Waals surface area contributed by atoms with Crippen molar-refractivity contribution in [3.63, 3.8) is 0 Å². The average Bonchev–Trinajstić information content (AvgIpc) is 3.25. The maximum absolute atomic E-state index is 13.3. The molecule has 7 heteroatoms. The number of fused-ring (bicyclic) bond motifs is 3. The van der Waals surface area contributed by atoms with Gasteiger partial charge in [0, 0.05) is 25.9 Å².